The minimum Gasteiger partial charge on any atom is -0.373 e. The summed E-state index contributed by atoms with van der Waals surface area (Å²) in [4.78, 5) is 7.76. The zero-order valence-corrected chi connectivity index (χ0v) is 16.1. The fourth-order valence-corrected chi connectivity index (χ4v) is 3.77. The van der Waals surface area contributed by atoms with Crippen LogP contribution in [-0.4, -0.2) is 36.7 Å². The van der Waals surface area contributed by atoms with Crippen LogP contribution in [0.1, 0.15) is 56.2 Å². The molecule has 1 aromatic rings. The first-order chi connectivity index (χ1) is 12.4. The second-order valence-electron chi connectivity index (χ2n) is 6.50. The molecule has 1 aliphatic rings. The lowest BCUT2D eigenvalue weighted by atomic mass is 9.84. The first-order valence-corrected chi connectivity index (χ1v) is 9.86. The lowest BCUT2D eigenvalue weighted by Crippen LogP contribution is -2.49. The smallest absolute Gasteiger partial charge is 0.373 e. The van der Waals surface area contributed by atoms with E-state index in [2.05, 4.69) is 27.5 Å². The highest BCUT2D eigenvalue weighted by molar-refractivity contribution is 7.09. The normalized spacial score (nSPS) is 18.0. The summed E-state index contributed by atoms with van der Waals surface area (Å²) < 4.78 is 44.0. The first-order valence-electron chi connectivity index (χ1n) is 8.98. The second kappa shape index (κ2) is 9.55. The van der Waals surface area contributed by atoms with E-state index in [1.165, 1.54) is 6.42 Å². The number of guanidine groups is 1. The number of alkyl halides is 3. The van der Waals surface area contributed by atoms with Gasteiger partial charge in [0.25, 0.3) is 0 Å². The van der Waals surface area contributed by atoms with Gasteiger partial charge in [-0.2, -0.15) is 13.2 Å². The number of aliphatic imine (C=N–C) groups is 1. The van der Waals surface area contributed by atoms with E-state index in [1.807, 2.05) is 0 Å². The fourth-order valence-electron chi connectivity index (χ4n) is 3.03. The summed E-state index contributed by atoms with van der Waals surface area (Å²) in [6.45, 7) is 3.66. The largest absolute Gasteiger partial charge is 0.434 e. The number of thiazole rings is 1. The van der Waals surface area contributed by atoms with Gasteiger partial charge in [0, 0.05) is 25.6 Å². The number of nitrogens with one attached hydrogen (secondary N) is 2. The van der Waals surface area contributed by atoms with Crippen molar-refractivity contribution < 1.29 is 17.9 Å². The number of halogens is 3. The quantitative estimate of drug-likeness (QED) is 0.545. The van der Waals surface area contributed by atoms with Crippen LogP contribution in [0.2, 0.25) is 0 Å². The van der Waals surface area contributed by atoms with Crippen LogP contribution in [0.15, 0.2) is 10.4 Å². The highest BCUT2D eigenvalue weighted by Crippen LogP contribution is 2.31. The number of nitrogens with zero attached hydrogens (tertiary/aromatic N) is 2. The third kappa shape index (κ3) is 6.12. The summed E-state index contributed by atoms with van der Waals surface area (Å²) in [5, 5.41) is 7.69. The summed E-state index contributed by atoms with van der Waals surface area (Å²) >= 11 is 0.984. The molecule has 1 fully saturated rings. The Kier molecular flexibility index (Phi) is 7.69. The van der Waals surface area contributed by atoms with Gasteiger partial charge in [0.1, 0.15) is 5.01 Å². The van der Waals surface area contributed by atoms with Crippen LogP contribution in [0.4, 0.5) is 13.2 Å². The maximum absolute atomic E-state index is 12.6. The number of aromatic nitrogens is 1. The van der Waals surface area contributed by atoms with Crippen molar-refractivity contribution in [2.24, 2.45) is 4.99 Å². The molecule has 2 N–H and O–H groups in total. The van der Waals surface area contributed by atoms with E-state index in [0.717, 1.165) is 55.4 Å². The molecule has 5 nitrogen and oxygen atoms in total. The van der Waals surface area contributed by atoms with Crippen LogP contribution in [-0.2, 0) is 17.5 Å². The molecule has 0 unspecified atom stereocenters. The minimum absolute atomic E-state index is 0.184. The fraction of sp³-hybridized carbons (Fsp3) is 0.765. The number of hydrogen-bond acceptors (Lipinski definition) is 4. The van der Waals surface area contributed by atoms with Crippen molar-refractivity contribution in [1.29, 1.82) is 0 Å². The molecule has 0 spiro atoms. The van der Waals surface area contributed by atoms with E-state index >= 15 is 0 Å². The molecule has 0 saturated heterocycles. The summed E-state index contributed by atoms with van der Waals surface area (Å²) in [5.41, 5.74) is -1.03. The number of hydrogen-bond donors (Lipinski definition) is 2. The lowest BCUT2D eigenvalue weighted by Gasteiger charge is -2.37. The molecule has 9 heteroatoms. The van der Waals surface area contributed by atoms with Crippen LogP contribution in [0.3, 0.4) is 0 Å². The van der Waals surface area contributed by atoms with Gasteiger partial charge in [-0.25, -0.2) is 4.98 Å². The summed E-state index contributed by atoms with van der Waals surface area (Å²) in [6, 6.07) is 0. The van der Waals surface area contributed by atoms with Gasteiger partial charge < -0.3 is 15.4 Å². The Morgan fingerprint density at radius 1 is 1.31 bits per heavy atom. The van der Waals surface area contributed by atoms with Crippen molar-refractivity contribution in [3.05, 3.63) is 16.1 Å². The van der Waals surface area contributed by atoms with Crippen LogP contribution < -0.4 is 10.6 Å². The molecule has 2 rings (SSSR count). The molecule has 0 bridgehead atoms. The van der Waals surface area contributed by atoms with Crippen LogP contribution in [0.5, 0.6) is 0 Å². The standard InChI is InChI=1S/C17H27F3N4OS/c1-3-9-25-16(7-5-4-6-8-16)12-23-15(21-2)22-10-14-24-13(11-26-14)17(18,19)20/h11H,3-10,12H2,1-2H3,(H2,21,22,23). The molecule has 1 saturated carbocycles. The highest BCUT2D eigenvalue weighted by Gasteiger charge is 2.34. The second-order valence-corrected chi connectivity index (χ2v) is 7.44. The molecule has 26 heavy (non-hydrogen) atoms. The van der Waals surface area contributed by atoms with E-state index < -0.39 is 11.9 Å². The average molecular weight is 392 g/mol. The molecule has 0 radical (unpaired) electrons. The third-order valence-electron chi connectivity index (χ3n) is 4.43. The van der Waals surface area contributed by atoms with Crippen molar-refractivity contribution in [1.82, 2.24) is 15.6 Å². The molecule has 1 heterocycles. The first kappa shape index (κ1) is 21.0. The van der Waals surface area contributed by atoms with Crippen LogP contribution in [0, 0.1) is 0 Å². The molecular weight excluding hydrogens is 365 g/mol. The monoisotopic (exact) mass is 392 g/mol. The average Bonchev–Trinajstić information content (AvgIpc) is 3.10. The Balaban J connectivity index is 1.87. The molecule has 0 aromatic carbocycles. The maximum Gasteiger partial charge on any atom is 0.434 e. The predicted molar refractivity (Wildman–Crippen MR) is 97.4 cm³/mol. The highest BCUT2D eigenvalue weighted by atomic mass is 32.1. The molecule has 148 valence electrons. The molecular formula is C17H27F3N4OS. The SMILES string of the molecule is CCCOC1(CNC(=NC)NCc2nc(C(F)(F)F)cs2)CCCCC1. The van der Waals surface area contributed by atoms with Crippen molar-refractivity contribution >= 4 is 17.3 Å². The van der Waals surface area contributed by atoms with Gasteiger partial charge in [-0.05, 0) is 19.3 Å². The zero-order chi connectivity index (χ0) is 19.0. The topological polar surface area (TPSA) is 58.5 Å². The minimum atomic E-state index is -4.40. The van der Waals surface area contributed by atoms with Gasteiger partial charge in [-0.15, -0.1) is 11.3 Å². The van der Waals surface area contributed by atoms with E-state index in [1.54, 1.807) is 7.05 Å². The van der Waals surface area contributed by atoms with Gasteiger partial charge in [0.05, 0.1) is 12.1 Å². The Morgan fingerprint density at radius 3 is 2.62 bits per heavy atom. The maximum atomic E-state index is 12.6. The van der Waals surface area contributed by atoms with Crippen LogP contribution >= 0.6 is 11.3 Å². The number of rotatable bonds is 7. The Hall–Kier alpha value is -1.35. The van der Waals surface area contributed by atoms with Gasteiger partial charge in [-0.1, -0.05) is 26.2 Å². The summed E-state index contributed by atoms with van der Waals surface area (Å²) in [6.07, 6.45) is 2.12. The third-order valence-corrected chi connectivity index (χ3v) is 5.28. The molecule has 0 aliphatic heterocycles. The Bertz CT molecular complexity index is 583. The summed E-state index contributed by atoms with van der Waals surface area (Å²) in [7, 11) is 1.64. The Morgan fingerprint density at radius 2 is 2.04 bits per heavy atom. The van der Waals surface area contributed by atoms with E-state index in [9.17, 15) is 13.2 Å². The lowest BCUT2D eigenvalue weighted by molar-refractivity contribution is -0.140. The van der Waals surface area contributed by atoms with Gasteiger partial charge in [0.15, 0.2) is 11.7 Å². The van der Waals surface area contributed by atoms with Crippen LogP contribution in [0.25, 0.3) is 0 Å². The molecule has 1 aliphatic carbocycles. The van der Waals surface area contributed by atoms with E-state index in [0.29, 0.717) is 17.5 Å². The summed E-state index contributed by atoms with van der Waals surface area (Å²) in [5.74, 6) is 0.541. The van der Waals surface area contributed by atoms with E-state index in [4.69, 9.17) is 4.74 Å². The molecule has 1 aromatic heterocycles. The number of ether oxygens (including phenoxy) is 1. The van der Waals surface area contributed by atoms with Crippen molar-refractivity contribution in [2.75, 3.05) is 20.2 Å². The Labute approximate surface area is 156 Å². The van der Waals surface area contributed by atoms with Crippen molar-refractivity contribution in [2.45, 2.75) is 63.8 Å². The zero-order valence-electron chi connectivity index (χ0n) is 15.3. The van der Waals surface area contributed by atoms with Crippen molar-refractivity contribution in [3.63, 3.8) is 0 Å². The van der Waals surface area contributed by atoms with E-state index in [-0.39, 0.29) is 12.1 Å². The van der Waals surface area contributed by atoms with Crippen molar-refractivity contribution in [3.8, 4) is 0 Å². The van der Waals surface area contributed by atoms with Gasteiger partial charge in [-0.3, -0.25) is 4.99 Å². The molecule has 0 amide bonds. The van der Waals surface area contributed by atoms with Gasteiger partial charge >= 0.3 is 6.18 Å². The molecule has 0 atom stereocenters. The van der Waals surface area contributed by atoms with Gasteiger partial charge in [0.2, 0.25) is 0 Å². The predicted octanol–water partition coefficient (Wildman–Crippen LogP) is 3.96.